The number of methoxy groups -OCH3 is 1. The molecule has 1 aliphatic heterocycles. The highest BCUT2D eigenvalue weighted by molar-refractivity contribution is 5.95. The zero-order chi connectivity index (χ0) is 13.6. The predicted octanol–water partition coefficient (Wildman–Crippen LogP) is 0.902. The van der Waals surface area contributed by atoms with E-state index in [4.69, 9.17) is 4.74 Å². The van der Waals surface area contributed by atoms with Crippen LogP contribution in [0.15, 0.2) is 12.3 Å². The Kier molecular flexibility index (Phi) is 2.68. The highest BCUT2D eigenvalue weighted by atomic mass is 16.5. The number of amidine groups is 1. The fraction of sp³-hybridized carbons (Fsp3) is 0.583. The van der Waals surface area contributed by atoms with E-state index in [0.717, 1.165) is 4.74 Å². The molecule has 0 unspecified atom stereocenters. The number of rotatable bonds is 2. The second kappa shape index (κ2) is 3.83. The summed E-state index contributed by atoms with van der Waals surface area (Å²) in [6, 6.07) is 1.94. The Morgan fingerprint density at radius 1 is 1.33 bits per heavy atom. The lowest BCUT2D eigenvalue weighted by Gasteiger charge is -2.32. The second-order valence-corrected chi connectivity index (χ2v) is 5.38. The van der Waals surface area contributed by atoms with E-state index >= 15 is 0 Å². The summed E-state index contributed by atoms with van der Waals surface area (Å²) >= 11 is 0. The second-order valence-electron chi connectivity index (χ2n) is 5.38. The number of aromatic nitrogens is 2. The van der Waals surface area contributed by atoms with Crippen molar-refractivity contribution in [2.75, 3.05) is 7.11 Å². The molecule has 0 aliphatic carbocycles. The van der Waals surface area contributed by atoms with Crippen LogP contribution in [0.4, 0.5) is 0 Å². The van der Waals surface area contributed by atoms with E-state index in [1.165, 1.54) is 7.11 Å². The summed E-state index contributed by atoms with van der Waals surface area (Å²) in [6.45, 7) is 7.78. The summed E-state index contributed by atoms with van der Waals surface area (Å²) in [5.74, 6) is 0.450. The van der Waals surface area contributed by atoms with Crippen molar-refractivity contribution >= 4 is 5.84 Å². The number of nitrogens with one attached hydrogen (secondary N) is 1. The van der Waals surface area contributed by atoms with E-state index in [1.807, 2.05) is 27.7 Å². The van der Waals surface area contributed by atoms with Gasteiger partial charge in [-0.2, -0.15) is 4.98 Å². The lowest BCUT2D eigenvalue weighted by molar-refractivity contribution is -0.539. The van der Waals surface area contributed by atoms with Crippen LogP contribution in [0.2, 0.25) is 0 Å². The molecule has 1 aromatic rings. The van der Waals surface area contributed by atoms with Crippen LogP contribution in [-0.2, 0) is 0 Å². The van der Waals surface area contributed by atoms with E-state index in [9.17, 15) is 5.21 Å². The van der Waals surface area contributed by atoms with Gasteiger partial charge in [0.25, 0.3) is 5.84 Å². The molecule has 0 saturated carbocycles. The molecule has 0 radical (unpaired) electrons. The van der Waals surface area contributed by atoms with E-state index in [1.54, 1.807) is 12.3 Å². The molecule has 0 fully saturated rings. The summed E-state index contributed by atoms with van der Waals surface area (Å²) in [5.41, 5.74) is -0.363. The Morgan fingerprint density at radius 2 is 2.00 bits per heavy atom. The molecule has 0 saturated heterocycles. The Bertz CT molecular complexity index is 509. The first-order valence-electron chi connectivity index (χ1n) is 5.79. The summed E-state index contributed by atoms with van der Waals surface area (Å²) in [7, 11) is 1.49. The quantitative estimate of drug-likeness (QED) is 0.623. The summed E-state index contributed by atoms with van der Waals surface area (Å²) in [6.07, 6.45) is 1.57. The van der Waals surface area contributed by atoms with Gasteiger partial charge in [0, 0.05) is 6.20 Å². The van der Waals surface area contributed by atoms with Gasteiger partial charge in [0.1, 0.15) is 11.1 Å². The van der Waals surface area contributed by atoms with E-state index in [-0.39, 0.29) is 11.5 Å². The van der Waals surface area contributed by atoms with Crippen molar-refractivity contribution in [3.05, 3.63) is 23.2 Å². The van der Waals surface area contributed by atoms with Crippen molar-refractivity contribution in [2.45, 2.75) is 38.8 Å². The van der Waals surface area contributed by atoms with Crippen LogP contribution < -0.4 is 10.1 Å². The molecule has 0 aromatic carbocycles. The molecule has 0 atom stereocenters. The van der Waals surface area contributed by atoms with Crippen molar-refractivity contribution in [1.82, 2.24) is 15.3 Å². The highest BCUT2D eigenvalue weighted by Gasteiger charge is 2.52. The average molecular weight is 250 g/mol. The molecule has 1 N–H and O–H groups in total. The van der Waals surface area contributed by atoms with Gasteiger partial charge in [0.05, 0.1) is 7.11 Å². The van der Waals surface area contributed by atoms with Crippen molar-refractivity contribution in [2.24, 2.45) is 0 Å². The molecule has 6 nitrogen and oxygen atoms in total. The lowest BCUT2D eigenvalue weighted by Crippen LogP contribution is -2.52. The smallest absolute Gasteiger partial charge is 0.316 e. The Labute approximate surface area is 106 Å². The van der Waals surface area contributed by atoms with Gasteiger partial charge in [-0.1, -0.05) is 0 Å². The molecule has 18 heavy (non-hydrogen) atoms. The van der Waals surface area contributed by atoms with Crippen LogP contribution in [-0.4, -0.2) is 38.7 Å². The Balaban J connectivity index is 2.49. The molecule has 0 spiro atoms. The number of hydrogen-bond acceptors (Lipinski definition) is 5. The summed E-state index contributed by atoms with van der Waals surface area (Å²) in [4.78, 5) is 8.11. The summed E-state index contributed by atoms with van der Waals surface area (Å²) < 4.78 is 5.94. The van der Waals surface area contributed by atoms with E-state index < -0.39 is 5.54 Å². The van der Waals surface area contributed by atoms with Gasteiger partial charge in [0.2, 0.25) is 0 Å². The van der Waals surface area contributed by atoms with Crippen molar-refractivity contribution in [1.29, 1.82) is 0 Å². The molecule has 1 aliphatic rings. The number of ether oxygens (including phenoxy) is 1. The first-order chi connectivity index (χ1) is 8.29. The predicted molar refractivity (Wildman–Crippen MR) is 67.6 cm³/mol. The standard InChI is InChI=1S/C12H18N4O2/c1-11(2)12(3,4)16(17)9(15-11)8-6-7-13-10(14-8)18-5/h6-7,15H,1-5H3. The molecule has 2 rings (SSSR count). The van der Waals surface area contributed by atoms with Gasteiger partial charge in [-0.05, 0) is 33.8 Å². The van der Waals surface area contributed by atoms with Gasteiger partial charge >= 0.3 is 6.01 Å². The van der Waals surface area contributed by atoms with Crippen LogP contribution >= 0.6 is 0 Å². The highest BCUT2D eigenvalue weighted by Crippen LogP contribution is 2.30. The third-order valence-electron chi connectivity index (χ3n) is 3.73. The number of hydroxylamine groups is 1. The van der Waals surface area contributed by atoms with E-state index in [0.29, 0.717) is 11.5 Å². The first-order valence-corrected chi connectivity index (χ1v) is 5.79. The minimum atomic E-state index is -0.555. The maximum Gasteiger partial charge on any atom is 0.316 e. The van der Waals surface area contributed by atoms with Gasteiger partial charge < -0.3 is 9.94 Å². The molecule has 2 heterocycles. The third-order valence-corrected chi connectivity index (χ3v) is 3.73. The van der Waals surface area contributed by atoms with Crippen LogP contribution in [0, 0.1) is 5.21 Å². The van der Waals surface area contributed by atoms with Gasteiger partial charge in [-0.3, -0.25) is 10.1 Å². The Hall–Kier alpha value is -1.85. The fourth-order valence-corrected chi connectivity index (χ4v) is 1.77. The minimum Gasteiger partial charge on any atom is -0.714 e. The molecule has 6 heteroatoms. The first kappa shape index (κ1) is 12.6. The zero-order valence-electron chi connectivity index (χ0n) is 11.3. The summed E-state index contributed by atoms with van der Waals surface area (Å²) in [5, 5.41) is 15.6. The molecular weight excluding hydrogens is 232 g/mol. The molecule has 0 amide bonds. The maximum absolute atomic E-state index is 12.4. The number of nitrogens with zero attached hydrogens (tertiary/aromatic N) is 3. The van der Waals surface area contributed by atoms with E-state index in [2.05, 4.69) is 15.3 Å². The number of hydrogen-bond donors (Lipinski definition) is 1. The van der Waals surface area contributed by atoms with Gasteiger partial charge in [-0.25, -0.2) is 4.98 Å². The van der Waals surface area contributed by atoms with Crippen LogP contribution in [0.5, 0.6) is 6.01 Å². The average Bonchev–Trinajstić information content (AvgIpc) is 2.49. The topological polar surface area (TPSA) is 73.1 Å². The largest absolute Gasteiger partial charge is 0.714 e. The van der Waals surface area contributed by atoms with Gasteiger partial charge in [-0.15, -0.1) is 0 Å². The fourth-order valence-electron chi connectivity index (χ4n) is 1.77. The lowest BCUT2D eigenvalue weighted by atomic mass is 9.84. The van der Waals surface area contributed by atoms with Crippen molar-refractivity contribution < 1.29 is 9.48 Å². The molecule has 98 valence electrons. The minimum absolute atomic E-state index is 0.248. The molecule has 0 bridgehead atoms. The van der Waals surface area contributed by atoms with Crippen LogP contribution in [0.1, 0.15) is 33.4 Å². The normalized spacial score (nSPS) is 20.7. The monoisotopic (exact) mass is 250 g/mol. The van der Waals surface area contributed by atoms with Crippen LogP contribution in [0.25, 0.3) is 0 Å². The van der Waals surface area contributed by atoms with Crippen molar-refractivity contribution in [3.8, 4) is 6.01 Å². The third kappa shape index (κ3) is 1.68. The van der Waals surface area contributed by atoms with Gasteiger partial charge in [0.15, 0.2) is 5.69 Å². The molecule has 1 aromatic heterocycles. The van der Waals surface area contributed by atoms with Crippen LogP contribution in [0.3, 0.4) is 0 Å². The zero-order valence-corrected chi connectivity index (χ0v) is 11.3. The SMILES string of the molecule is COc1nccc(C2=[N+]([O-])C(C)(C)C(C)(C)N2)n1. The van der Waals surface area contributed by atoms with Crippen molar-refractivity contribution in [3.63, 3.8) is 0 Å². The Morgan fingerprint density at radius 3 is 2.50 bits per heavy atom. The maximum atomic E-state index is 12.4. The molecular formula is C12H18N4O2.